The molecule has 3 rings (SSSR count). The Bertz CT molecular complexity index is 734. The molecule has 2 unspecified atom stereocenters. The summed E-state index contributed by atoms with van der Waals surface area (Å²) in [6.45, 7) is 7.95. The predicted octanol–water partition coefficient (Wildman–Crippen LogP) is 4.33. The molecular weight excluding hydrogens is 300 g/mol. The first-order chi connectivity index (χ1) is 11.7. The number of aryl methyl sites for hydroxylation is 1. The van der Waals surface area contributed by atoms with Crippen molar-refractivity contribution in [3.05, 3.63) is 60.2 Å². The first kappa shape index (κ1) is 16.3. The van der Waals surface area contributed by atoms with E-state index in [1.807, 2.05) is 32.1 Å². The molecule has 2 heterocycles. The molecule has 2 aromatic rings. The lowest BCUT2D eigenvalue weighted by Crippen LogP contribution is -2.12. The normalized spacial score (nSPS) is 20.4. The zero-order valence-electron chi connectivity index (χ0n) is 14.2. The van der Waals surface area contributed by atoms with Gasteiger partial charge in [0.15, 0.2) is 5.82 Å². The fourth-order valence-electron chi connectivity index (χ4n) is 3.10. The molecule has 1 aliphatic carbocycles. The van der Waals surface area contributed by atoms with Gasteiger partial charge in [0.25, 0.3) is 0 Å². The smallest absolute Gasteiger partial charge is 0.152 e. The van der Waals surface area contributed by atoms with Crippen molar-refractivity contribution < 1.29 is 4.74 Å². The van der Waals surface area contributed by atoms with E-state index in [1.54, 1.807) is 12.4 Å². The van der Waals surface area contributed by atoms with E-state index in [4.69, 9.17) is 4.74 Å². The zero-order valence-corrected chi connectivity index (χ0v) is 14.2. The molecule has 1 fully saturated rings. The minimum absolute atomic E-state index is 0.232. The van der Waals surface area contributed by atoms with Crippen molar-refractivity contribution in [1.29, 1.82) is 0 Å². The first-order valence-electron chi connectivity index (χ1n) is 8.37. The Morgan fingerprint density at radius 2 is 2.33 bits per heavy atom. The molecule has 0 amide bonds. The highest BCUT2D eigenvalue weighted by Gasteiger charge is 2.29. The van der Waals surface area contributed by atoms with Crippen molar-refractivity contribution in [1.82, 2.24) is 15.2 Å². The molecule has 0 saturated heterocycles. The number of pyridine rings is 1. The molecule has 5 heteroatoms. The third kappa shape index (κ3) is 3.85. The van der Waals surface area contributed by atoms with Crippen LogP contribution in [0.4, 0.5) is 5.82 Å². The number of nitrogens with zero attached hydrogens (tertiary/aromatic N) is 2. The zero-order chi connectivity index (χ0) is 16.9. The molecule has 2 aromatic heterocycles. The standard InChI is InChI=1S/C19H24N4O/c1-4-5-14(3)21-19-11-17(22-23-19)15-6-7-16(10-15)24-18-12-20-9-8-13(18)2/h4-5,8-9,11-12,15-16H,3,6-7,10H2,1-2H3,(H2,21,22,23)/b5-4-. The molecule has 24 heavy (non-hydrogen) atoms. The van der Waals surface area contributed by atoms with E-state index >= 15 is 0 Å². The number of nitrogens with one attached hydrogen (secondary N) is 2. The fourth-order valence-corrected chi connectivity index (χ4v) is 3.10. The van der Waals surface area contributed by atoms with Crippen LogP contribution < -0.4 is 10.1 Å². The van der Waals surface area contributed by atoms with Gasteiger partial charge in [0.05, 0.1) is 12.3 Å². The third-order valence-corrected chi connectivity index (χ3v) is 4.36. The summed E-state index contributed by atoms with van der Waals surface area (Å²) in [5.74, 6) is 2.14. The van der Waals surface area contributed by atoms with Crippen molar-refractivity contribution >= 4 is 5.82 Å². The number of hydrogen-bond acceptors (Lipinski definition) is 4. The van der Waals surface area contributed by atoms with Crippen LogP contribution in [0.15, 0.2) is 49.0 Å². The van der Waals surface area contributed by atoms with E-state index in [-0.39, 0.29) is 6.10 Å². The second-order valence-corrected chi connectivity index (χ2v) is 6.25. The topological polar surface area (TPSA) is 62.8 Å². The van der Waals surface area contributed by atoms with Gasteiger partial charge in [-0.2, -0.15) is 5.10 Å². The third-order valence-electron chi connectivity index (χ3n) is 4.36. The molecule has 0 aromatic carbocycles. The number of allylic oxidation sites excluding steroid dienone is 2. The van der Waals surface area contributed by atoms with Crippen LogP contribution in [-0.4, -0.2) is 21.3 Å². The van der Waals surface area contributed by atoms with Gasteiger partial charge in [-0.15, -0.1) is 0 Å². The number of hydrogen-bond donors (Lipinski definition) is 2. The summed E-state index contributed by atoms with van der Waals surface area (Å²) >= 11 is 0. The predicted molar refractivity (Wildman–Crippen MR) is 96.1 cm³/mol. The van der Waals surface area contributed by atoms with Crippen LogP contribution >= 0.6 is 0 Å². The molecule has 1 aliphatic rings. The maximum Gasteiger partial charge on any atom is 0.152 e. The molecule has 0 aliphatic heterocycles. The van der Waals surface area contributed by atoms with Gasteiger partial charge in [-0.05, 0) is 50.8 Å². The molecule has 0 bridgehead atoms. The SMILES string of the molecule is C=C(/C=C\C)Nc1cc(C2CCC(Oc3cnccc3C)C2)[nH]n1. The average Bonchev–Trinajstić information content (AvgIpc) is 3.19. The van der Waals surface area contributed by atoms with Gasteiger partial charge in [-0.1, -0.05) is 12.7 Å². The van der Waals surface area contributed by atoms with Crippen molar-refractivity contribution in [3.8, 4) is 5.75 Å². The Kier molecular flexibility index (Phi) is 4.99. The minimum Gasteiger partial charge on any atom is -0.489 e. The first-order valence-corrected chi connectivity index (χ1v) is 8.37. The van der Waals surface area contributed by atoms with E-state index < -0.39 is 0 Å². The average molecular weight is 324 g/mol. The van der Waals surface area contributed by atoms with Gasteiger partial charge in [-0.3, -0.25) is 10.1 Å². The lowest BCUT2D eigenvalue weighted by atomic mass is 10.0. The van der Waals surface area contributed by atoms with Crippen LogP contribution in [0.3, 0.4) is 0 Å². The maximum absolute atomic E-state index is 6.13. The van der Waals surface area contributed by atoms with Gasteiger partial charge in [-0.25, -0.2) is 0 Å². The van der Waals surface area contributed by atoms with Crippen LogP contribution in [-0.2, 0) is 0 Å². The van der Waals surface area contributed by atoms with Crippen molar-refractivity contribution in [2.45, 2.75) is 45.1 Å². The molecule has 2 N–H and O–H groups in total. The minimum atomic E-state index is 0.232. The van der Waals surface area contributed by atoms with Crippen molar-refractivity contribution in [2.75, 3.05) is 5.32 Å². The monoisotopic (exact) mass is 324 g/mol. The van der Waals surface area contributed by atoms with Crippen LogP contribution in [0.1, 0.15) is 43.4 Å². The van der Waals surface area contributed by atoms with E-state index in [9.17, 15) is 0 Å². The van der Waals surface area contributed by atoms with Crippen molar-refractivity contribution in [2.24, 2.45) is 0 Å². The number of ether oxygens (including phenoxy) is 1. The lowest BCUT2D eigenvalue weighted by molar-refractivity contribution is 0.205. The van der Waals surface area contributed by atoms with E-state index in [0.29, 0.717) is 5.92 Å². The number of rotatable bonds is 6. The van der Waals surface area contributed by atoms with Crippen LogP contribution in [0.25, 0.3) is 0 Å². The van der Waals surface area contributed by atoms with Crippen LogP contribution in [0, 0.1) is 6.92 Å². The summed E-state index contributed by atoms with van der Waals surface area (Å²) in [7, 11) is 0. The van der Waals surface area contributed by atoms with Gasteiger partial charge < -0.3 is 10.1 Å². The van der Waals surface area contributed by atoms with Gasteiger partial charge in [0.1, 0.15) is 5.75 Å². The van der Waals surface area contributed by atoms with Crippen LogP contribution in [0.2, 0.25) is 0 Å². The number of aromatic nitrogens is 3. The van der Waals surface area contributed by atoms with E-state index in [2.05, 4.69) is 33.1 Å². The molecule has 5 nitrogen and oxygen atoms in total. The lowest BCUT2D eigenvalue weighted by Gasteiger charge is -2.15. The highest BCUT2D eigenvalue weighted by atomic mass is 16.5. The fraction of sp³-hybridized carbons (Fsp3) is 0.368. The Balaban J connectivity index is 1.59. The highest BCUT2D eigenvalue weighted by molar-refractivity contribution is 5.45. The Hall–Kier alpha value is -2.56. The Morgan fingerprint density at radius 1 is 1.46 bits per heavy atom. The number of aromatic amines is 1. The van der Waals surface area contributed by atoms with Crippen LogP contribution in [0.5, 0.6) is 5.75 Å². The van der Waals surface area contributed by atoms with Gasteiger partial charge >= 0.3 is 0 Å². The summed E-state index contributed by atoms with van der Waals surface area (Å²) in [5.41, 5.74) is 3.11. The van der Waals surface area contributed by atoms with Gasteiger partial charge in [0.2, 0.25) is 0 Å². The second kappa shape index (κ2) is 7.34. The summed E-state index contributed by atoms with van der Waals surface area (Å²) in [4.78, 5) is 4.15. The summed E-state index contributed by atoms with van der Waals surface area (Å²) in [5, 5.41) is 10.7. The Morgan fingerprint density at radius 3 is 3.12 bits per heavy atom. The quantitative estimate of drug-likeness (QED) is 0.776. The molecule has 2 atom stereocenters. The summed E-state index contributed by atoms with van der Waals surface area (Å²) in [6.07, 6.45) is 10.8. The second-order valence-electron chi connectivity index (χ2n) is 6.25. The maximum atomic E-state index is 6.13. The molecule has 0 spiro atoms. The largest absolute Gasteiger partial charge is 0.489 e. The summed E-state index contributed by atoms with van der Waals surface area (Å²) < 4.78 is 6.13. The van der Waals surface area contributed by atoms with E-state index in [1.165, 1.54) is 0 Å². The molecular formula is C19H24N4O. The Labute approximate surface area is 142 Å². The summed E-state index contributed by atoms with van der Waals surface area (Å²) in [6, 6.07) is 4.04. The molecule has 126 valence electrons. The van der Waals surface area contributed by atoms with E-state index in [0.717, 1.165) is 47.8 Å². The van der Waals surface area contributed by atoms with Gasteiger partial charge in [0, 0.05) is 29.6 Å². The number of anilines is 1. The highest BCUT2D eigenvalue weighted by Crippen LogP contribution is 2.36. The number of H-pyrrole nitrogens is 1. The molecule has 1 saturated carbocycles. The van der Waals surface area contributed by atoms with Crippen molar-refractivity contribution in [3.63, 3.8) is 0 Å². The molecule has 0 radical (unpaired) electrons.